The molecular weight excluding hydrogens is 212 g/mol. The minimum absolute atomic E-state index is 0.0422. The van der Waals surface area contributed by atoms with Gasteiger partial charge < -0.3 is 0 Å². The molecule has 17 heavy (non-hydrogen) atoms. The fourth-order valence-electron chi connectivity index (χ4n) is 1.65. The van der Waals surface area contributed by atoms with E-state index in [9.17, 15) is 9.59 Å². The van der Waals surface area contributed by atoms with Crippen LogP contribution in [0.5, 0.6) is 0 Å². The summed E-state index contributed by atoms with van der Waals surface area (Å²) in [7, 11) is 0. The van der Waals surface area contributed by atoms with Crippen molar-refractivity contribution in [3.8, 4) is 0 Å². The van der Waals surface area contributed by atoms with Crippen molar-refractivity contribution in [2.24, 2.45) is 5.41 Å². The van der Waals surface area contributed by atoms with Gasteiger partial charge in [-0.15, -0.1) is 0 Å². The van der Waals surface area contributed by atoms with Crippen LogP contribution in [0.4, 0.5) is 0 Å². The average molecular weight is 234 g/mol. The Morgan fingerprint density at radius 2 is 1.82 bits per heavy atom. The fraction of sp³-hybridized carbons (Fsp3) is 0.467. The normalized spacial score (nSPS) is 16.8. The Kier molecular flexibility index (Phi) is 6.40. The zero-order chi connectivity index (χ0) is 13.5. The highest BCUT2D eigenvalue weighted by molar-refractivity contribution is 5.76. The molecular formula is C15H22O2. The molecule has 0 aliphatic heterocycles. The van der Waals surface area contributed by atoms with E-state index in [1.54, 1.807) is 0 Å². The van der Waals surface area contributed by atoms with E-state index in [1.807, 2.05) is 26.0 Å². The van der Waals surface area contributed by atoms with Gasteiger partial charge in [0.15, 0.2) is 0 Å². The van der Waals surface area contributed by atoms with Crippen molar-refractivity contribution in [3.63, 3.8) is 0 Å². The molecule has 0 amide bonds. The lowest BCUT2D eigenvalue weighted by Gasteiger charge is -2.27. The smallest absolute Gasteiger partial charge is 0.146 e. The molecule has 1 rings (SSSR count). The van der Waals surface area contributed by atoms with E-state index >= 15 is 0 Å². The Balaban J connectivity index is 0.000000366. The zero-order valence-corrected chi connectivity index (χ0v) is 11.4. The van der Waals surface area contributed by atoms with Crippen LogP contribution in [0.25, 0.3) is 0 Å². The molecule has 2 heteroatoms. The van der Waals surface area contributed by atoms with E-state index in [4.69, 9.17) is 0 Å². The Labute approximate surface area is 104 Å². The first-order valence-corrected chi connectivity index (χ1v) is 5.75. The molecule has 1 aliphatic rings. The van der Waals surface area contributed by atoms with Crippen LogP contribution >= 0.6 is 0 Å². The SMILES string of the molecule is CC(C)=CC=O.CC1=CC=C(C=O)C(C)(C)C1. The van der Waals surface area contributed by atoms with Gasteiger partial charge in [0.2, 0.25) is 0 Å². The Hall–Kier alpha value is -1.44. The van der Waals surface area contributed by atoms with Crippen molar-refractivity contribution >= 4 is 12.6 Å². The van der Waals surface area contributed by atoms with Crippen LogP contribution in [0.15, 0.2) is 34.9 Å². The maximum absolute atomic E-state index is 10.6. The first kappa shape index (κ1) is 15.6. The maximum atomic E-state index is 10.6. The Morgan fingerprint density at radius 1 is 1.24 bits per heavy atom. The Morgan fingerprint density at radius 3 is 2.12 bits per heavy atom. The molecule has 0 bridgehead atoms. The van der Waals surface area contributed by atoms with Crippen molar-refractivity contribution < 1.29 is 9.59 Å². The minimum Gasteiger partial charge on any atom is -0.299 e. The third-order valence-corrected chi connectivity index (χ3v) is 2.58. The van der Waals surface area contributed by atoms with Crippen LogP contribution in [0.1, 0.15) is 41.0 Å². The minimum atomic E-state index is 0.0422. The molecule has 0 radical (unpaired) electrons. The number of carbonyl (C=O) groups is 2. The summed E-state index contributed by atoms with van der Waals surface area (Å²) in [6.07, 6.45) is 8.22. The van der Waals surface area contributed by atoms with Crippen LogP contribution in [0.2, 0.25) is 0 Å². The number of aldehydes is 2. The van der Waals surface area contributed by atoms with Crippen molar-refractivity contribution in [1.29, 1.82) is 0 Å². The summed E-state index contributed by atoms with van der Waals surface area (Å²) in [6, 6.07) is 0. The third kappa shape index (κ3) is 6.00. The third-order valence-electron chi connectivity index (χ3n) is 2.58. The molecule has 1 aliphatic carbocycles. The first-order valence-electron chi connectivity index (χ1n) is 5.75. The van der Waals surface area contributed by atoms with E-state index in [2.05, 4.69) is 20.8 Å². The predicted molar refractivity (Wildman–Crippen MR) is 71.8 cm³/mol. The first-order chi connectivity index (χ1) is 7.83. The number of carbonyl (C=O) groups excluding carboxylic acids is 2. The molecule has 0 saturated carbocycles. The second-order valence-electron chi connectivity index (χ2n) is 5.19. The monoisotopic (exact) mass is 234 g/mol. The predicted octanol–water partition coefficient (Wildman–Crippen LogP) is 3.64. The molecule has 0 aromatic rings. The van der Waals surface area contributed by atoms with Gasteiger partial charge in [0.25, 0.3) is 0 Å². The molecule has 0 spiro atoms. The molecule has 94 valence electrons. The number of allylic oxidation sites excluding steroid dienone is 6. The largest absolute Gasteiger partial charge is 0.299 e. The summed E-state index contributed by atoms with van der Waals surface area (Å²) in [5.74, 6) is 0. The van der Waals surface area contributed by atoms with Crippen molar-refractivity contribution in [3.05, 3.63) is 34.9 Å². The van der Waals surface area contributed by atoms with E-state index in [0.29, 0.717) is 0 Å². The van der Waals surface area contributed by atoms with E-state index < -0.39 is 0 Å². The fourth-order valence-corrected chi connectivity index (χ4v) is 1.65. The van der Waals surface area contributed by atoms with Crippen LogP contribution in [-0.2, 0) is 9.59 Å². The lowest BCUT2D eigenvalue weighted by Crippen LogP contribution is -2.18. The summed E-state index contributed by atoms with van der Waals surface area (Å²) >= 11 is 0. The summed E-state index contributed by atoms with van der Waals surface area (Å²) < 4.78 is 0. The van der Waals surface area contributed by atoms with Gasteiger partial charge in [-0.2, -0.15) is 0 Å². The van der Waals surface area contributed by atoms with Gasteiger partial charge >= 0.3 is 0 Å². The van der Waals surface area contributed by atoms with Gasteiger partial charge in [0, 0.05) is 0 Å². The molecule has 0 aromatic carbocycles. The van der Waals surface area contributed by atoms with Gasteiger partial charge in [0.1, 0.15) is 12.6 Å². The standard InChI is InChI=1S/C10H14O.C5H8O/c1-8-4-5-9(7-11)10(2,3)6-8;1-5(2)3-4-6/h4-5,7H,6H2,1-3H3;3-4H,1-2H3. The van der Waals surface area contributed by atoms with Crippen molar-refractivity contribution in [1.82, 2.24) is 0 Å². The quantitative estimate of drug-likeness (QED) is 0.540. The summed E-state index contributed by atoms with van der Waals surface area (Å²) in [5.41, 5.74) is 3.34. The van der Waals surface area contributed by atoms with Crippen molar-refractivity contribution in [2.45, 2.75) is 41.0 Å². The van der Waals surface area contributed by atoms with Crippen LogP contribution < -0.4 is 0 Å². The molecule has 0 atom stereocenters. The van der Waals surface area contributed by atoms with Gasteiger partial charge in [-0.25, -0.2) is 0 Å². The second kappa shape index (κ2) is 7.00. The highest BCUT2D eigenvalue weighted by atomic mass is 16.1. The van der Waals surface area contributed by atoms with Gasteiger partial charge in [-0.1, -0.05) is 37.1 Å². The topological polar surface area (TPSA) is 34.1 Å². The summed E-state index contributed by atoms with van der Waals surface area (Å²) in [4.78, 5) is 20.1. The van der Waals surface area contributed by atoms with Crippen LogP contribution in [-0.4, -0.2) is 12.6 Å². The average Bonchev–Trinajstić information content (AvgIpc) is 2.16. The number of rotatable bonds is 2. The molecule has 0 aromatic heterocycles. The molecule has 2 nitrogen and oxygen atoms in total. The van der Waals surface area contributed by atoms with E-state index in [1.165, 1.54) is 11.6 Å². The van der Waals surface area contributed by atoms with Gasteiger partial charge in [0.05, 0.1) is 0 Å². The van der Waals surface area contributed by atoms with Crippen LogP contribution in [0, 0.1) is 5.41 Å². The van der Waals surface area contributed by atoms with Gasteiger partial charge in [-0.05, 0) is 44.3 Å². The highest BCUT2D eigenvalue weighted by Gasteiger charge is 2.24. The maximum Gasteiger partial charge on any atom is 0.146 e. The summed E-state index contributed by atoms with van der Waals surface area (Å²) in [5, 5.41) is 0. The van der Waals surface area contributed by atoms with E-state index in [-0.39, 0.29) is 5.41 Å². The Bertz CT molecular complexity index is 364. The van der Waals surface area contributed by atoms with Crippen LogP contribution in [0.3, 0.4) is 0 Å². The number of hydrogen-bond donors (Lipinski definition) is 0. The molecule has 0 N–H and O–H groups in total. The molecule has 0 unspecified atom stereocenters. The van der Waals surface area contributed by atoms with Crippen molar-refractivity contribution in [2.75, 3.05) is 0 Å². The molecule has 0 fully saturated rings. The van der Waals surface area contributed by atoms with Gasteiger partial charge in [-0.3, -0.25) is 9.59 Å². The highest BCUT2D eigenvalue weighted by Crippen LogP contribution is 2.35. The molecule has 0 heterocycles. The summed E-state index contributed by atoms with van der Waals surface area (Å²) in [6.45, 7) is 10.1. The van der Waals surface area contributed by atoms with E-state index in [0.717, 1.165) is 30.1 Å². The zero-order valence-electron chi connectivity index (χ0n) is 11.4. The lowest BCUT2D eigenvalue weighted by atomic mass is 9.76. The second-order valence-corrected chi connectivity index (χ2v) is 5.19. The number of hydrogen-bond acceptors (Lipinski definition) is 2. The molecule has 0 saturated heterocycles. The lowest BCUT2D eigenvalue weighted by molar-refractivity contribution is -0.106.